The zero-order valence-electron chi connectivity index (χ0n) is 19.6. The van der Waals surface area contributed by atoms with Gasteiger partial charge in [-0.2, -0.15) is 0 Å². The SMILES string of the molecule is CN(C)Cc1ccccc1-c1ccc(C(=O)NCC2CN(C)CCN2C)c2ccccc12. The molecule has 1 saturated heterocycles. The van der Waals surface area contributed by atoms with Crippen molar-refractivity contribution >= 4 is 16.7 Å². The van der Waals surface area contributed by atoms with Gasteiger partial charge >= 0.3 is 0 Å². The molecule has 32 heavy (non-hydrogen) atoms. The van der Waals surface area contributed by atoms with E-state index in [-0.39, 0.29) is 5.91 Å². The summed E-state index contributed by atoms with van der Waals surface area (Å²) in [7, 11) is 8.45. The third kappa shape index (κ3) is 4.85. The van der Waals surface area contributed by atoms with Gasteiger partial charge in [-0.15, -0.1) is 0 Å². The van der Waals surface area contributed by atoms with Crippen LogP contribution in [0.3, 0.4) is 0 Å². The molecule has 1 atom stereocenters. The van der Waals surface area contributed by atoms with Gasteiger partial charge in [-0.05, 0) is 61.7 Å². The largest absolute Gasteiger partial charge is 0.350 e. The summed E-state index contributed by atoms with van der Waals surface area (Å²) >= 11 is 0. The molecule has 4 rings (SSSR count). The molecular weight excluding hydrogens is 396 g/mol. The lowest BCUT2D eigenvalue weighted by atomic mass is 9.92. The van der Waals surface area contributed by atoms with E-state index in [4.69, 9.17) is 0 Å². The van der Waals surface area contributed by atoms with Crippen molar-refractivity contribution in [3.8, 4) is 11.1 Å². The number of carbonyl (C=O) groups is 1. The number of amides is 1. The molecule has 1 aliphatic rings. The van der Waals surface area contributed by atoms with Gasteiger partial charge in [0.25, 0.3) is 5.91 Å². The number of rotatable bonds is 6. The number of fused-ring (bicyclic) bond motifs is 1. The van der Waals surface area contributed by atoms with E-state index in [1.165, 1.54) is 16.7 Å². The quantitative estimate of drug-likeness (QED) is 0.649. The second kappa shape index (κ2) is 9.82. The van der Waals surface area contributed by atoms with Crippen molar-refractivity contribution in [3.05, 3.63) is 71.8 Å². The first-order valence-electron chi connectivity index (χ1n) is 11.4. The highest BCUT2D eigenvalue weighted by atomic mass is 16.1. The van der Waals surface area contributed by atoms with Crippen molar-refractivity contribution in [2.75, 3.05) is 54.4 Å². The number of carbonyl (C=O) groups excluding carboxylic acids is 1. The zero-order chi connectivity index (χ0) is 22.7. The van der Waals surface area contributed by atoms with Gasteiger partial charge < -0.3 is 15.1 Å². The molecule has 168 valence electrons. The van der Waals surface area contributed by atoms with E-state index in [1.807, 2.05) is 12.1 Å². The summed E-state index contributed by atoms with van der Waals surface area (Å²) in [5, 5.41) is 5.30. The Hall–Kier alpha value is -2.73. The highest BCUT2D eigenvalue weighted by molar-refractivity contribution is 6.11. The van der Waals surface area contributed by atoms with Crippen LogP contribution >= 0.6 is 0 Å². The Bertz CT molecular complexity index is 1090. The van der Waals surface area contributed by atoms with Crippen LogP contribution in [0.4, 0.5) is 0 Å². The summed E-state index contributed by atoms with van der Waals surface area (Å²) in [4.78, 5) is 20.0. The molecule has 1 amide bonds. The van der Waals surface area contributed by atoms with E-state index in [9.17, 15) is 4.79 Å². The second-order valence-electron chi connectivity index (χ2n) is 9.21. The van der Waals surface area contributed by atoms with E-state index >= 15 is 0 Å². The van der Waals surface area contributed by atoms with E-state index in [0.29, 0.717) is 12.6 Å². The summed E-state index contributed by atoms with van der Waals surface area (Å²) in [6.45, 7) is 4.60. The molecule has 3 aromatic rings. The molecule has 0 radical (unpaired) electrons. The lowest BCUT2D eigenvalue weighted by Crippen LogP contribution is -2.54. The van der Waals surface area contributed by atoms with Crippen LogP contribution < -0.4 is 5.32 Å². The number of nitrogens with zero attached hydrogens (tertiary/aromatic N) is 3. The summed E-state index contributed by atoms with van der Waals surface area (Å²) < 4.78 is 0. The standard InChI is InChI=1S/C27H34N4O/c1-29(2)18-20-9-5-6-10-22(20)25-13-14-26(24-12-8-7-11-23(24)25)27(32)28-17-21-19-30(3)15-16-31(21)4/h5-14,21H,15-19H2,1-4H3,(H,28,32). The lowest BCUT2D eigenvalue weighted by Gasteiger charge is -2.37. The Labute approximate surface area is 191 Å². The second-order valence-corrected chi connectivity index (χ2v) is 9.21. The topological polar surface area (TPSA) is 38.8 Å². The Morgan fingerprint density at radius 3 is 2.44 bits per heavy atom. The molecular formula is C27H34N4O. The Morgan fingerprint density at radius 2 is 1.66 bits per heavy atom. The van der Waals surface area contributed by atoms with Crippen molar-refractivity contribution < 1.29 is 4.79 Å². The van der Waals surface area contributed by atoms with Crippen molar-refractivity contribution in [2.45, 2.75) is 12.6 Å². The van der Waals surface area contributed by atoms with Crippen molar-refractivity contribution in [2.24, 2.45) is 0 Å². The molecule has 0 aliphatic carbocycles. The van der Waals surface area contributed by atoms with E-state index in [1.54, 1.807) is 0 Å². The smallest absolute Gasteiger partial charge is 0.251 e. The van der Waals surface area contributed by atoms with Crippen LogP contribution in [0.15, 0.2) is 60.7 Å². The van der Waals surface area contributed by atoms with Crippen LogP contribution in [-0.2, 0) is 6.54 Å². The van der Waals surface area contributed by atoms with Crippen LogP contribution in [-0.4, -0.2) is 81.0 Å². The molecule has 1 aliphatic heterocycles. The molecule has 1 unspecified atom stereocenters. The van der Waals surface area contributed by atoms with Crippen LogP contribution in [0.25, 0.3) is 21.9 Å². The van der Waals surface area contributed by atoms with Crippen LogP contribution in [0.5, 0.6) is 0 Å². The molecule has 3 aromatic carbocycles. The summed E-state index contributed by atoms with van der Waals surface area (Å²) in [6.07, 6.45) is 0. The number of hydrogen-bond acceptors (Lipinski definition) is 4. The normalized spacial score (nSPS) is 17.7. The average molecular weight is 431 g/mol. The maximum atomic E-state index is 13.2. The van der Waals surface area contributed by atoms with E-state index in [2.05, 4.69) is 96.7 Å². The number of piperazine rings is 1. The van der Waals surface area contributed by atoms with Gasteiger partial charge in [0.2, 0.25) is 0 Å². The Morgan fingerprint density at radius 1 is 0.938 bits per heavy atom. The zero-order valence-corrected chi connectivity index (χ0v) is 19.6. The summed E-state index contributed by atoms with van der Waals surface area (Å²) in [5.41, 5.74) is 4.41. The van der Waals surface area contributed by atoms with Crippen LogP contribution in [0, 0.1) is 0 Å². The van der Waals surface area contributed by atoms with Crippen molar-refractivity contribution in [1.29, 1.82) is 0 Å². The molecule has 5 nitrogen and oxygen atoms in total. The highest BCUT2D eigenvalue weighted by Gasteiger charge is 2.23. The number of benzene rings is 3. The molecule has 1 N–H and O–H groups in total. The maximum absolute atomic E-state index is 13.2. The van der Waals surface area contributed by atoms with Crippen LogP contribution in [0.2, 0.25) is 0 Å². The molecule has 0 saturated carbocycles. The fourth-order valence-electron chi connectivity index (χ4n) is 4.62. The van der Waals surface area contributed by atoms with Gasteiger partial charge in [-0.3, -0.25) is 9.69 Å². The van der Waals surface area contributed by atoms with E-state index < -0.39 is 0 Å². The predicted molar refractivity (Wildman–Crippen MR) is 133 cm³/mol. The monoisotopic (exact) mass is 430 g/mol. The molecule has 1 fully saturated rings. The van der Waals surface area contributed by atoms with Crippen molar-refractivity contribution in [3.63, 3.8) is 0 Å². The molecule has 5 heteroatoms. The first kappa shape index (κ1) is 22.5. The minimum Gasteiger partial charge on any atom is -0.350 e. The number of nitrogens with one attached hydrogen (secondary N) is 1. The van der Waals surface area contributed by atoms with Crippen LogP contribution in [0.1, 0.15) is 15.9 Å². The van der Waals surface area contributed by atoms with Gasteiger partial charge in [0.1, 0.15) is 0 Å². The Balaban J connectivity index is 1.64. The van der Waals surface area contributed by atoms with Gasteiger partial charge in [0, 0.05) is 44.3 Å². The molecule has 0 aromatic heterocycles. The maximum Gasteiger partial charge on any atom is 0.251 e. The third-order valence-corrected chi connectivity index (χ3v) is 6.44. The summed E-state index contributed by atoms with van der Waals surface area (Å²) in [6, 6.07) is 21.2. The predicted octanol–water partition coefficient (Wildman–Crippen LogP) is 3.54. The van der Waals surface area contributed by atoms with Crippen molar-refractivity contribution in [1.82, 2.24) is 20.0 Å². The molecule has 0 spiro atoms. The molecule has 1 heterocycles. The third-order valence-electron chi connectivity index (χ3n) is 6.44. The fraction of sp³-hybridized carbons (Fsp3) is 0.370. The lowest BCUT2D eigenvalue weighted by molar-refractivity contribution is 0.0882. The van der Waals surface area contributed by atoms with Gasteiger partial charge in [-0.1, -0.05) is 54.6 Å². The first-order valence-corrected chi connectivity index (χ1v) is 11.4. The van der Waals surface area contributed by atoms with E-state index in [0.717, 1.165) is 42.5 Å². The van der Waals surface area contributed by atoms with Gasteiger partial charge in [0.05, 0.1) is 0 Å². The molecule has 0 bridgehead atoms. The van der Waals surface area contributed by atoms with Gasteiger partial charge in [0.15, 0.2) is 0 Å². The first-order chi connectivity index (χ1) is 15.4. The minimum atomic E-state index is -0.00375. The van der Waals surface area contributed by atoms with Gasteiger partial charge in [-0.25, -0.2) is 0 Å². The fourth-order valence-corrected chi connectivity index (χ4v) is 4.62. The minimum absolute atomic E-state index is 0.00375. The number of hydrogen-bond donors (Lipinski definition) is 1. The highest BCUT2D eigenvalue weighted by Crippen LogP contribution is 2.33. The average Bonchev–Trinajstić information content (AvgIpc) is 2.79. The number of likely N-dealkylation sites (N-methyl/N-ethyl adjacent to an activating group) is 2. The summed E-state index contributed by atoms with van der Waals surface area (Å²) in [5.74, 6) is -0.00375. The Kier molecular flexibility index (Phi) is 6.89.